The van der Waals surface area contributed by atoms with Crippen molar-refractivity contribution >= 4 is 11.9 Å². The van der Waals surface area contributed by atoms with E-state index < -0.39 is 0 Å². The summed E-state index contributed by atoms with van der Waals surface area (Å²) in [5.74, 6) is 0.0810. The molecule has 0 radical (unpaired) electrons. The fourth-order valence-corrected chi connectivity index (χ4v) is 2.94. The van der Waals surface area contributed by atoms with Gasteiger partial charge >= 0.3 is 11.9 Å². The maximum absolute atomic E-state index is 12.1. The average Bonchev–Trinajstić information content (AvgIpc) is 2.62. The third kappa shape index (κ3) is 11.8. The molecule has 1 rings (SSSR count). The van der Waals surface area contributed by atoms with Crippen LogP contribution >= 0.6 is 0 Å². The van der Waals surface area contributed by atoms with Crippen LogP contribution in [0.3, 0.4) is 0 Å². The Morgan fingerprint density at radius 1 is 0.750 bits per heavy atom. The Morgan fingerprint density at radius 2 is 1.21 bits per heavy atom. The summed E-state index contributed by atoms with van der Waals surface area (Å²) in [6.07, 6.45) is 10.3. The van der Waals surface area contributed by atoms with Gasteiger partial charge in [0.05, 0.1) is 0 Å². The number of benzene rings is 1. The number of hydrogen-bond donors (Lipinski definition) is 0. The number of unbranched alkanes of at least 4 members (excludes halogenated alkanes) is 6. The number of esters is 2. The van der Waals surface area contributed by atoms with Crippen LogP contribution in [0.2, 0.25) is 0 Å². The van der Waals surface area contributed by atoms with Crippen molar-refractivity contribution in [3.63, 3.8) is 0 Å². The van der Waals surface area contributed by atoms with Crippen molar-refractivity contribution in [2.75, 3.05) is 0 Å². The molecule has 4 heteroatoms. The fourth-order valence-electron chi connectivity index (χ4n) is 2.94. The van der Waals surface area contributed by atoms with E-state index in [0.29, 0.717) is 29.8 Å². The predicted molar refractivity (Wildman–Crippen MR) is 114 cm³/mol. The van der Waals surface area contributed by atoms with Crippen LogP contribution in [0.25, 0.3) is 0 Å². The molecule has 0 aliphatic carbocycles. The monoisotopic (exact) mass is 390 g/mol. The van der Waals surface area contributed by atoms with E-state index in [4.69, 9.17) is 9.47 Å². The van der Waals surface area contributed by atoms with Gasteiger partial charge in [-0.25, -0.2) is 0 Å². The van der Waals surface area contributed by atoms with Gasteiger partial charge in [0.2, 0.25) is 0 Å². The van der Waals surface area contributed by atoms with E-state index in [1.807, 2.05) is 0 Å². The van der Waals surface area contributed by atoms with Crippen LogP contribution in [0.15, 0.2) is 24.3 Å². The Labute approximate surface area is 171 Å². The second-order valence-corrected chi connectivity index (χ2v) is 8.68. The number of para-hydroxylation sites is 2. The standard InChI is InChI=1S/C24H38O4/c1-5-6-10-17-22(25)27-20-15-12-13-16-21(20)28-23(26)18-11-8-7-9-14-19-24(2,3)4/h12-13,15-16H,5-11,14,17-19H2,1-4H3. The molecule has 0 aliphatic heterocycles. The van der Waals surface area contributed by atoms with E-state index in [1.165, 1.54) is 19.3 Å². The van der Waals surface area contributed by atoms with E-state index in [1.54, 1.807) is 24.3 Å². The van der Waals surface area contributed by atoms with Crippen molar-refractivity contribution in [3.05, 3.63) is 24.3 Å². The molecular weight excluding hydrogens is 352 g/mol. The summed E-state index contributed by atoms with van der Waals surface area (Å²) in [7, 11) is 0. The van der Waals surface area contributed by atoms with Gasteiger partial charge in [0, 0.05) is 12.8 Å². The van der Waals surface area contributed by atoms with E-state index >= 15 is 0 Å². The number of carbonyl (C=O) groups excluding carboxylic acids is 2. The lowest BCUT2D eigenvalue weighted by atomic mass is 9.89. The Bertz CT molecular complexity index is 587. The molecule has 0 atom stereocenters. The van der Waals surface area contributed by atoms with Gasteiger partial charge in [0.1, 0.15) is 0 Å². The van der Waals surface area contributed by atoms with Crippen LogP contribution in [0.5, 0.6) is 11.5 Å². The highest BCUT2D eigenvalue weighted by molar-refractivity contribution is 5.76. The SMILES string of the molecule is CCCCCC(=O)Oc1ccccc1OC(=O)CCCCCCCC(C)(C)C. The topological polar surface area (TPSA) is 52.6 Å². The summed E-state index contributed by atoms with van der Waals surface area (Å²) >= 11 is 0. The molecule has 0 aromatic heterocycles. The number of ether oxygens (including phenoxy) is 2. The summed E-state index contributed by atoms with van der Waals surface area (Å²) in [5.41, 5.74) is 0.399. The van der Waals surface area contributed by atoms with Gasteiger partial charge in [-0.05, 0) is 36.8 Å². The summed E-state index contributed by atoms with van der Waals surface area (Å²) in [6, 6.07) is 6.87. The minimum atomic E-state index is -0.285. The van der Waals surface area contributed by atoms with Crippen LogP contribution in [0, 0.1) is 5.41 Å². The highest BCUT2D eigenvalue weighted by Gasteiger charge is 2.13. The molecule has 0 heterocycles. The normalized spacial score (nSPS) is 11.3. The number of rotatable bonds is 13. The summed E-state index contributed by atoms with van der Waals surface area (Å²) in [6.45, 7) is 8.89. The molecule has 0 spiro atoms. The van der Waals surface area contributed by atoms with Crippen molar-refractivity contribution in [3.8, 4) is 11.5 Å². The summed E-state index contributed by atoms with van der Waals surface area (Å²) in [5, 5.41) is 0. The van der Waals surface area contributed by atoms with Crippen LogP contribution in [-0.2, 0) is 9.59 Å². The smallest absolute Gasteiger partial charge is 0.311 e. The van der Waals surface area contributed by atoms with Gasteiger partial charge in [0.25, 0.3) is 0 Å². The summed E-state index contributed by atoms with van der Waals surface area (Å²) in [4.78, 5) is 24.0. The predicted octanol–water partition coefficient (Wildman–Crippen LogP) is 6.85. The fraction of sp³-hybridized carbons (Fsp3) is 0.667. The molecule has 0 unspecified atom stereocenters. The molecule has 0 aliphatic rings. The van der Waals surface area contributed by atoms with Gasteiger partial charge < -0.3 is 9.47 Å². The van der Waals surface area contributed by atoms with E-state index in [2.05, 4.69) is 27.7 Å². The van der Waals surface area contributed by atoms with Gasteiger partial charge in [0.15, 0.2) is 11.5 Å². The highest BCUT2D eigenvalue weighted by Crippen LogP contribution is 2.28. The Morgan fingerprint density at radius 3 is 1.71 bits per heavy atom. The lowest BCUT2D eigenvalue weighted by molar-refractivity contribution is -0.137. The molecular formula is C24H38O4. The lowest BCUT2D eigenvalue weighted by Gasteiger charge is -2.17. The maximum atomic E-state index is 12.1. The molecule has 1 aromatic carbocycles. The first-order valence-electron chi connectivity index (χ1n) is 10.8. The highest BCUT2D eigenvalue weighted by atomic mass is 16.6. The first-order chi connectivity index (χ1) is 13.3. The first-order valence-corrected chi connectivity index (χ1v) is 10.8. The largest absolute Gasteiger partial charge is 0.423 e. The minimum absolute atomic E-state index is 0.274. The molecule has 0 saturated heterocycles. The van der Waals surface area contributed by atoms with Gasteiger partial charge in [-0.3, -0.25) is 9.59 Å². The van der Waals surface area contributed by atoms with Crippen molar-refractivity contribution in [2.45, 2.75) is 98.3 Å². The molecule has 0 amide bonds. The Hall–Kier alpha value is -1.84. The quantitative estimate of drug-likeness (QED) is 0.210. The van der Waals surface area contributed by atoms with Crippen molar-refractivity contribution in [1.82, 2.24) is 0 Å². The van der Waals surface area contributed by atoms with Crippen LogP contribution in [0.1, 0.15) is 98.3 Å². The molecule has 1 aromatic rings. The first kappa shape index (κ1) is 24.2. The van der Waals surface area contributed by atoms with Crippen LogP contribution in [-0.4, -0.2) is 11.9 Å². The molecule has 0 fully saturated rings. The van der Waals surface area contributed by atoms with E-state index in [-0.39, 0.29) is 11.9 Å². The third-order valence-electron chi connectivity index (χ3n) is 4.59. The number of carbonyl (C=O) groups is 2. The van der Waals surface area contributed by atoms with Crippen LogP contribution < -0.4 is 9.47 Å². The van der Waals surface area contributed by atoms with Crippen molar-refractivity contribution < 1.29 is 19.1 Å². The Balaban J connectivity index is 2.31. The lowest BCUT2D eigenvalue weighted by Crippen LogP contribution is -2.12. The molecule has 4 nitrogen and oxygen atoms in total. The van der Waals surface area contributed by atoms with E-state index in [0.717, 1.165) is 38.5 Å². The second kappa shape index (κ2) is 13.4. The zero-order valence-corrected chi connectivity index (χ0v) is 18.2. The summed E-state index contributed by atoms with van der Waals surface area (Å²) < 4.78 is 10.8. The number of hydrogen-bond acceptors (Lipinski definition) is 4. The molecule has 0 N–H and O–H groups in total. The van der Waals surface area contributed by atoms with E-state index in [9.17, 15) is 9.59 Å². The Kier molecular flexibility index (Phi) is 11.5. The second-order valence-electron chi connectivity index (χ2n) is 8.68. The zero-order valence-electron chi connectivity index (χ0n) is 18.2. The maximum Gasteiger partial charge on any atom is 0.311 e. The molecule has 0 bridgehead atoms. The molecule has 158 valence electrons. The zero-order chi connectivity index (χ0) is 20.8. The minimum Gasteiger partial charge on any atom is -0.423 e. The van der Waals surface area contributed by atoms with Gasteiger partial charge in [-0.2, -0.15) is 0 Å². The van der Waals surface area contributed by atoms with Gasteiger partial charge in [-0.1, -0.05) is 78.4 Å². The van der Waals surface area contributed by atoms with Crippen molar-refractivity contribution in [1.29, 1.82) is 0 Å². The van der Waals surface area contributed by atoms with Crippen LogP contribution in [0.4, 0.5) is 0 Å². The average molecular weight is 391 g/mol. The van der Waals surface area contributed by atoms with Crippen molar-refractivity contribution in [2.24, 2.45) is 5.41 Å². The third-order valence-corrected chi connectivity index (χ3v) is 4.59. The van der Waals surface area contributed by atoms with Gasteiger partial charge in [-0.15, -0.1) is 0 Å². The molecule has 28 heavy (non-hydrogen) atoms. The molecule has 0 saturated carbocycles.